The van der Waals surface area contributed by atoms with Gasteiger partial charge in [-0.05, 0) is 16.5 Å². The van der Waals surface area contributed by atoms with Crippen LogP contribution in [0.2, 0.25) is 0 Å². The molecule has 0 aliphatic carbocycles. The molecule has 0 radical (unpaired) electrons. The number of nitrogen functional groups attached to an aromatic ring is 1. The van der Waals surface area contributed by atoms with Crippen LogP contribution in [0.1, 0.15) is 5.76 Å². The number of anilines is 1. The number of aromatic nitrogens is 4. The van der Waals surface area contributed by atoms with E-state index in [4.69, 9.17) is 10.2 Å². The summed E-state index contributed by atoms with van der Waals surface area (Å²) in [5.41, 5.74) is 5.33. The van der Waals surface area contributed by atoms with Gasteiger partial charge in [0.15, 0.2) is 5.76 Å². The first-order valence-corrected chi connectivity index (χ1v) is 3.99. The fourth-order valence-corrected chi connectivity index (χ4v) is 0.893. The summed E-state index contributed by atoms with van der Waals surface area (Å²) < 4.78 is 4.81. The first kappa shape index (κ1) is 9.76. The van der Waals surface area contributed by atoms with Gasteiger partial charge in [-0.3, -0.25) is 10.1 Å². The molecule has 82 valence electrons. The average molecular weight is 223 g/mol. The molecule has 0 aromatic carbocycles. The van der Waals surface area contributed by atoms with Crippen LogP contribution in [0.4, 0.5) is 11.8 Å². The van der Waals surface area contributed by atoms with Crippen LogP contribution in [0, 0.1) is 10.1 Å². The average Bonchev–Trinajstić information content (AvgIpc) is 2.83. The van der Waals surface area contributed by atoms with Gasteiger partial charge < -0.3 is 10.2 Å². The van der Waals surface area contributed by atoms with E-state index in [1.54, 1.807) is 0 Å². The number of nitro groups is 1. The summed E-state index contributed by atoms with van der Waals surface area (Å²) in [5.74, 6) is -0.176. The summed E-state index contributed by atoms with van der Waals surface area (Å²) in [4.78, 5) is 10.6. The predicted molar refractivity (Wildman–Crippen MR) is 50.6 cm³/mol. The van der Waals surface area contributed by atoms with Crippen molar-refractivity contribution in [3.63, 3.8) is 0 Å². The third kappa shape index (κ3) is 1.84. The molecule has 0 fully saturated rings. The first-order valence-electron chi connectivity index (χ1n) is 3.99. The zero-order valence-electron chi connectivity index (χ0n) is 7.72. The van der Waals surface area contributed by atoms with Crippen LogP contribution in [0.15, 0.2) is 21.7 Å². The second-order valence-corrected chi connectivity index (χ2v) is 2.60. The van der Waals surface area contributed by atoms with Gasteiger partial charge in [0, 0.05) is 0 Å². The molecule has 10 heteroatoms. The summed E-state index contributed by atoms with van der Waals surface area (Å²) in [5, 5.41) is 24.1. The van der Waals surface area contributed by atoms with E-state index in [0.717, 1.165) is 4.79 Å². The molecule has 10 nitrogen and oxygen atoms in total. The molecule has 2 aromatic heterocycles. The van der Waals surface area contributed by atoms with Gasteiger partial charge in [0.2, 0.25) is 0 Å². The Kier molecular flexibility index (Phi) is 2.30. The van der Waals surface area contributed by atoms with E-state index >= 15 is 0 Å². The third-order valence-electron chi connectivity index (χ3n) is 1.56. The Morgan fingerprint density at radius 2 is 2.44 bits per heavy atom. The maximum absolute atomic E-state index is 10.3. The Morgan fingerprint density at radius 3 is 3.00 bits per heavy atom. The molecule has 0 saturated carbocycles. The van der Waals surface area contributed by atoms with E-state index in [0.29, 0.717) is 0 Å². The topological polar surface area (TPSA) is 138 Å². The Balaban J connectivity index is 2.18. The zero-order chi connectivity index (χ0) is 11.5. The van der Waals surface area contributed by atoms with Crippen LogP contribution in [0.3, 0.4) is 0 Å². The number of furan rings is 1. The molecule has 0 aliphatic rings. The Bertz CT molecular complexity index is 542. The number of rotatable bonds is 3. The highest BCUT2D eigenvalue weighted by molar-refractivity contribution is 5.76. The number of nitrogens with two attached hydrogens (primary N) is 1. The van der Waals surface area contributed by atoms with Crippen molar-refractivity contribution in [1.29, 1.82) is 0 Å². The van der Waals surface area contributed by atoms with Crippen LogP contribution in [0.25, 0.3) is 0 Å². The minimum Gasteiger partial charge on any atom is -0.400 e. The third-order valence-corrected chi connectivity index (χ3v) is 1.56. The summed E-state index contributed by atoms with van der Waals surface area (Å²) in [7, 11) is 0. The summed E-state index contributed by atoms with van der Waals surface area (Å²) in [6, 6.07) is 2.60. The highest BCUT2D eigenvalue weighted by atomic mass is 16.6. The lowest BCUT2D eigenvalue weighted by atomic mass is 10.5. The summed E-state index contributed by atoms with van der Waals surface area (Å²) >= 11 is 0. The highest BCUT2D eigenvalue weighted by Gasteiger charge is 2.10. The molecule has 0 spiro atoms. The van der Waals surface area contributed by atoms with Gasteiger partial charge in [-0.1, -0.05) is 9.89 Å². The molecule has 0 aliphatic heterocycles. The fraction of sp³-hybridized carbons (Fsp3) is 0. The lowest BCUT2D eigenvalue weighted by Crippen LogP contribution is -1.99. The molecule has 2 N–H and O–H groups in total. The van der Waals surface area contributed by atoms with E-state index in [1.165, 1.54) is 18.3 Å². The SMILES string of the molecule is Nc1nnnn1/N=C/c1ccc([N+](=O)[O-])o1. The molecule has 2 heterocycles. The second kappa shape index (κ2) is 3.76. The zero-order valence-corrected chi connectivity index (χ0v) is 7.72. The molecule has 0 bridgehead atoms. The fourth-order valence-electron chi connectivity index (χ4n) is 0.893. The summed E-state index contributed by atoms with van der Waals surface area (Å²) in [6.07, 6.45) is 1.21. The minimum absolute atomic E-state index is 0.00249. The predicted octanol–water partition coefficient (Wildman–Crippen LogP) is -0.361. The van der Waals surface area contributed by atoms with Gasteiger partial charge >= 0.3 is 5.88 Å². The van der Waals surface area contributed by atoms with Crippen LogP contribution in [0.5, 0.6) is 0 Å². The summed E-state index contributed by atoms with van der Waals surface area (Å²) in [6.45, 7) is 0. The van der Waals surface area contributed by atoms with E-state index in [-0.39, 0.29) is 17.6 Å². The smallest absolute Gasteiger partial charge is 0.400 e. The van der Waals surface area contributed by atoms with Gasteiger partial charge in [-0.15, -0.1) is 0 Å². The van der Waals surface area contributed by atoms with Gasteiger partial charge in [-0.2, -0.15) is 5.10 Å². The number of hydrogen-bond donors (Lipinski definition) is 1. The van der Waals surface area contributed by atoms with Gasteiger partial charge in [0.05, 0.1) is 12.3 Å². The van der Waals surface area contributed by atoms with Crippen LogP contribution in [-0.2, 0) is 0 Å². The molecule has 0 saturated heterocycles. The van der Waals surface area contributed by atoms with E-state index in [9.17, 15) is 10.1 Å². The standard InChI is InChI=1S/C6H5N7O3/c7-6-9-10-11-12(6)8-3-4-1-2-5(16-4)13(14)15/h1-3H,(H2,7,9,11)/b8-3+. The van der Waals surface area contributed by atoms with Crippen molar-refractivity contribution in [2.24, 2.45) is 5.10 Å². The van der Waals surface area contributed by atoms with Crippen molar-refractivity contribution < 1.29 is 9.34 Å². The van der Waals surface area contributed by atoms with Crippen molar-refractivity contribution in [2.45, 2.75) is 0 Å². The lowest BCUT2D eigenvalue weighted by Gasteiger charge is -1.88. The maximum atomic E-state index is 10.3. The Morgan fingerprint density at radius 1 is 1.62 bits per heavy atom. The molecule has 16 heavy (non-hydrogen) atoms. The molecule has 2 rings (SSSR count). The Labute approximate surface area is 87.5 Å². The minimum atomic E-state index is -0.650. The Hall–Kier alpha value is -2.78. The van der Waals surface area contributed by atoms with Gasteiger partial charge in [0.1, 0.15) is 4.92 Å². The van der Waals surface area contributed by atoms with Crippen molar-refractivity contribution in [3.8, 4) is 0 Å². The van der Waals surface area contributed by atoms with E-state index in [1.807, 2.05) is 0 Å². The van der Waals surface area contributed by atoms with Crippen molar-refractivity contribution in [2.75, 3.05) is 5.73 Å². The maximum Gasteiger partial charge on any atom is 0.433 e. The van der Waals surface area contributed by atoms with Crippen molar-refractivity contribution >= 4 is 18.0 Å². The molecule has 0 unspecified atom stereocenters. The van der Waals surface area contributed by atoms with Gasteiger partial charge in [0.25, 0.3) is 5.95 Å². The monoisotopic (exact) mass is 223 g/mol. The number of hydrogen-bond acceptors (Lipinski definition) is 8. The van der Waals surface area contributed by atoms with Crippen LogP contribution in [-0.4, -0.2) is 31.5 Å². The number of tetrazole rings is 1. The van der Waals surface area contributed by atoms with Crippen LogP contribution < -0.4 is 5.73 Å². The highest BCUT2D eigenvalue weighted by Crippen LogP contribution is 2.13. The largest absolute Gasteiger partial charge is 0.433 e. The van der Waals surface area contributed by atoms with E-state index in [2.05, 4.69) is 20.6 Å². The second-order valence-electron chi connectivity index (χ2n) is 2.60. The molecule has 0 atom stereocenters. The first-order chi connectivity index (χ1) is 7.66. The lowest BCUT2D eigenvalue weighted by molar-refractivity contribution is -0.402. The van der Waals surface area contributed by atoms with Crippen LogP contribution >= 0.6 is 0 Å². The van der Waals surface area contributed by atoms with Gasteiger partial charge in [-0.25, -0.2) is 0 Å². The molecular formula is C6H5N7O3. The van der Waals surface area contributed by atoms with Crippen molar-refractivity contribution in [1.82, 2.24) is 20.3 Å². The van der Waals surface area contributed by atoms with E-state index < -0.39 is 4.92 Å². The quantitative estimate of drug-likeness (QED) is 0.425. The number of nitrogens with zero attached hydrogens (tertiary/aromatic N) is 6. The molecular weight excluding hydrogens is 218 g/mol. The molecule has 2 aromatic rings. The molecule has 0 amide bonds. The normalized spacial score (nSPS) is 11.0. The van der Waals surface area contributed by atoms with Crippen molar-refractivity contribution in [3.05, 3.63) is 28.0 Å².